The van der Waals surface area contributed by atoms with Crippen LogP contribution in [-0.2, 0) is 6.61 Å². The third kappa shape index (κ3) is 5.48. The number of para-hydroxylation sites is 1. The van der Waals surface area contributed by atoms with Gasteiger partial charge in [-0.3, -0.25) is 9.69 Å². The summed E-state index contributed by atoms with van der Waals surface area (Å²) in [4.78, 5) is 17.2. The number of aromatic nitrogens is 1. The zero-order valence-corrected chi connectivity index (χ0v) is 18.6. The lowest BCUT2D eigenvalue weighted by atomic mass is 10.1. The van der Waals surface area contributed by atoms with Crippen LogP contribution >= 0.6 is 0 Å². The van der Waals surface area contributed by atoms with Gasteiger partial charge in [0.05, 0.1) is 11.3 Å². The molecule has 0 aliphatic carbocycles. The minimum absolute atomic E-state index is 0.0352. The Morgan fingerprint density at radius 2 is 1.72 bits per heavy atom. The van der Waals surface area contributed by atoms with Gasteiger partial charge in [-0.15, -0.1) is 0 Å². The van der Waals surface area contributed by atoms with Gasteiger partial charge in [-0.1, -0.05) is 29.4 Å². The van der Waals surface area contributed by atoms with Crippen molar-refractivity contribution in [2.24, 2.45) is 0 Å². The van der Waals surface area contributed by atoms with Crippen LogP contribution < -0.4 is 9.47 Å². The average molecular weight is 436 g/mol. The lowest BCUT2D eigenvalue weighted by Gasteiger charge is -2.34. The van der Waals surface area contributed by atoms with Gasteiger partial charge in [0.25, 0.3) is 5.91 Å². The van der Waals surface area contributed by atoms with Gasteiger partial charge in [0.1, 0.15) is 30.5 Å². The molecule has 0 spiro atoms. The summed E-state index contributed by atoms with van der Waals surface area (Å²) < 4.78 is 16.9. The van der Waals surface area contributed by atoms with Crippen molar-refractivity contribution in [2.75, 3.05) is 39.3 Å². The Balaban J connectivity index is 1.25. The SMILES string of the molecule is Cc1noc(C)c1COc1cccc(C(=O)N2CCN(CCOc3ccccc3)CC2)c1. The molecule has 168 valence electrons. The lowest BCUT2D eigenvalue weighted by molar-refractivity contribution is 0.0620. The number of amides is 1. The van der Waals surface area contributed by atoms with Crippen LogP contribution in [0.2, 0.25) is 0 Å². The minimum atomic E-state index is 0.0352. The Morgan fingerprint density at radius 1 is 0.969 bits per heavy atom. The molecule has 0 unspecified atom stereocenters. The van der Waals surface area contributed by atoms with Crippen molar-refractivity contribution in [1.82, 2.24) is 15.0 Å². The third-order valence-corrected chi connectivity index (χ3v) is 5.72. The fraction of sp³-hybridized carbons (Fsp3) is 0.360. The summed E-state index contributed by atoms with van der Waals surface area (Å²) in [7, 11) is 0. The number of hydrogen-bond acceptors (Lipinski definition) is 6. The fourth-order valence-corrected chi connectivity index (χ4v) is 3.75. The van der Waals surface area contributed by atoms with Crippen molar-refractivity contribution >= 4 is 5.91 Å². The van der Waals surface area contributed by atoms with Gasteiger partial charge in [-0.25, -0.2) is 0 Å². The van der Waals surface area contributed by atoms with E-state index in [2.05, 4.69) is 10.1 Å². The molecule has 1 aromatic heterocycles. The average Bonchev–Trinajstić information content (AvgIpc) is 3.15. The summed E-state index contributed by atoms with van der Waals surface area (Å²) in [6, 6.07) is 17.2. The van der Waals surface area contributed by atoms with Crippen LogP contribution in [-0.4, -0.2) is 60.2 Å². The van der Waals surface area contributed by atoms with E-state index in [4.69, 9.17) is 14.0 Å². The van der Waals surface area contributed by atoms with E-state index in [1.807, 2.05) is 67.3 Å². The van der Waals surface area contributed by atoms with E-state index < -0.39 is 0 Å². The molecule has 0 N–H and O–H groups in total. The lowest BCUT2D eigenvalue weighted by Crippen LogP contribution is -2.49. The quantitative estimate of drug-likeness (QED) is 0.537. The van der Waals surface area contributed by atoms with Gasteiger partial charge in [-0.05, 0) is 44.2 Å². The molecule has 1 aliphatic rings. The molecule has 1 fully saturated rings. The second kappa shape index (κ2) is 10.3. The number of piperazine rings is 1. The molecule has 32 heavy (non-hydrogen) atoms. The van der Waals surface area contributed by atoms with Gasteiger partial charge in [0.2, 0.25) is 0 Å². The van der Waals surface area contributed by atoms with E-state index in [0.29, 0.717) is 37.6 Å². The molecule has 7 heteroatoms. The number of rotatable bonds is 8. The number of benzene rings is 2. The van der Waals surface area contributed by atoms with Crippen LogP contribution in [0.1, 0.15) is 27.4 Å². The minimum Gasteiger partial charge on any atom is -0.492 e. The Labute approximate surface area is 188 Å². The largest absolute Gasteiger partial charge is 0.492 e. The Hall–Kier alpha value is -3.32. The normalized spacial score (nSPS) is 14.4. The maximum Gasteiger partial charge on any atom is 0.254 e. The highest BCUT2D eigenvalue weighted by atomic mass is 16.5. The van der Waals surface area contributed by atoms with E-state index in [0.717, 1.165) is 42.4 Å². The van der Waals surface area contributed by atoms with Gasteiger partial charge in [0, 0.05) is 38.3 Å². The van der Waals surface area contributed by atoms with Crippen molar-refractivity contribution in [1.29, 1.82) is 0 Å². The summed E-state index contributed by atoms with van der Waals surface area (Å²) in [6.45, 7) is 8.70. The van der Waals surface area contributed by atoms with E-state index in [-0.39, 0.29) is 5.91 Å². The third-order valence-electron chi connectivity index (χ3n) is 5.72. The van der Waals surface area contributed by atoms with Crippen LogP contribution in [0.4, 0.5) is 0 Å². The zero-order chi connectivity index (χ0) is 22.3. The summed E-state index contributed by atoms with van der Waals surface area (Å²) in [5.74, 6) is 2.33. The molecule has 2 heterocycles. The second-order valence-electron chi connectivity index (χ2n) is 7.91. The van der Waals surface area contributed by atoms with Crippen LogP contribution in [0.15, 0.2) is 59.1 Å². The summed E-state index contributed by atoms with van der Waals surface area (Å²) >= 11 is 0. The zero-order valence-electron chi connectivity index (χ0n) is 18.6. The number of ether oxygens (including phenoxy) is 2. The molecule has 1 saturated heterocycles. The Morgan fingerprint density at radius 3 is 2.44 bits per heavy atom. The van der Waals surface area contributed by atoms with Gasteiger partial charge >= 0.3 is 0 Å². The first-order chi connectivity index (χ1) is 15.6. The topological polar surface area (TPSA) is 68.0 Å². The van der Waals surface area contributed by atoms with Crippen molar-refractivity contribution < 1.29 is 18.8 Å². The maximum atomic E-state index is 13.0. The number of carbonyl (C=O) groups is 1. The summed E-state index contributed by atoms with van der Waals surface area (Å²) in [6.07, 6.45) is 0. The van der Waals surface area contributed by atoms with E-state index in [9.17, 15) is 4.79 Å². The van der Waals surface area contributed by atoms with Gasteiger partial charge in [0.15, 0.2) is 0 Å². The van der Waals surface area contributed by atoms with Crippen LogP contribution in [0.25, 0.3) is 0 Å². The first kappa shape index (κ1) is 21.9. The van der Waals surface area contributed by atoms with E-state index in [1.165, 1.54) is 0 Å². The van der Waals surface area contributed by atoms with Crippen LogP contribution in [0.3, 0.4) is 0 Å². The molecule has 0 atom stereocenters. The van der Waals surface area contributed by atoms with E-state index >= 15 is 0 Å². The molecule has 4 rings (SSSR count). The van der Waals surface area contributed by atoms with Crippen molar-refractivity contribution in [3.05, 3.63) is 77.2 Å². The molecule has 0 radical (unpaired) electrons. The standard InChI is InChI=1S/C25H29N3O4/c1-19-24(20(2)32-26-19)18-31-23-10-6-7-21(17-23)25(29)28-13-11-27(12-14-28)15-16-30-22-8-4-3-5-9-22/h3-10,17H,11-16,18H2,1-2H3. The number of hydrogen-bond donors (Lipinski definition) is 0. The highest BCUT2D eigenvalue weighted by molar-refractivity contribution is 5.94. The Kier molecular flexibility index (Phi) is 7.07. The molecule has 7 nitrogen and oxygen atoms in total. The molecule has 0 bridgehead atoms. The van der Waals surface area contributed by atoms with E-state index in [1.54, 1.807) is 6.07 Å². The predicted molar refractivity (Wildman–Crippen MR) is 121 cm³/mol. The first-order valence-corrected chi connectivity index (χ1v) is 10.9. The predicted octanol–water partition coefficient (Wildman–Crippen LogP) is 3.71. The van der Waals surface area contributed by atoms with Gasteiger partial charge in [-0.2, -0.15) is 0 Å². The van der Waals surface area contributed by atoms with Crippen molar-refractivity contribution in [3.8, 4) is 11.5 Å². The van der Waals surface area contributed by atoms with Gasteiger partial charge < -0.3 is 18.9 Å². The summed E-state index contributed by atoms with van der Waals surface area (Å²) in [5, 5.41) is 3.95. The summed E-state index contributed by atoms with van der Waals surface area (Å²) in [5.41, 5.74) is 2.40. The fourth-order valence-electron chi connectivity index (χ4n) is 3.75. The monoisotopic (exact) mass is 435 g/mol. The molecular weight excluding hydrogens is 406 g/mol. The van der Waals surface area contributed by atoms with Crippen molar-refractivity contribution in [3.63, 3.8) is 0 Å². The number of aryl methyl sites for hydroxylation is 2. The molecule has 1 aliphatic heterocycles. The maximum absolute atomic E-state index is 13.0. The molecule has 2 aromatic carbocycles. The molecule has 3 aromatic rings. The first-order valence-electron chi connectivity index (χ1n) is 10.9. The smallest absolute Gasteiger partial charge is 0.254 e. The number of nitrogens with zero attached hydrogens (tertiary/aromatic N) is 3. The molecule has 1 amide bonds. The highest BCUT2D eigenvalue weighted by Crippen LogP contribution is 2.20. The second-order valence-corrected chi connectivity index (χ2v) is 7.91. The van der Waals surface area contributed by atoms with Crippen LogP contribution in [0, 0.1) is 13.8 Å². The highest BCUT2D eigenvalue weighted by Gasteiger charge is 2.22. The number of carbonyl (C=O) groups excluding carboxylic acids is 1. The molecular formula is C25H29N3O4. The Bertz CT molecular complexity index is 1010. The van der Waals surface area contributed by atoms with Crippen LogP contribution in [0.5, 0.6) is 11.5 Å². The molecule has 0 saturated carbocycles. The van der Waals surface area contributed by atoms with Crippen molar-refractivity contribution in [2.45, 2.75) is 20.5 Å².